The van der Waals surface area contributed by atoms with Crippen LogP contribution in [-0.2, 0) is 0 Å². The van der Waals surface area contributed by atoms with Gasteiger partial charge in [-0.3, -0.25) is 0 Å². The Morgan fingerprint density at radius 2 is 1.91 bits per heavy atom. The molecule has 1 aromatic rings. The van der Waals surface area contributed by atoms with Crippen molar-refractivity contribution in [2.24, 2.45) is 0 Å². The molecule has 0 atom stereocenters. The summed E-state index contributed by atoms with van der Waals surface area (Å²) in [6.07, 6.45) is 0. The summed E-state index contributed by atoms with van der Waals surface area (Å²) >= 11 is 0. The molecule has 0 saturated carbocycles. The maximum atomic E-state index is 10.3. The van der Waals surface area contributed by atoms with Crippen molar-refractivity contribution in [1.29, 1.82) is 0 Å². The Labute approximate surface area is 124 Å². The molecule has 0 radical (unpaired) electrons. The van der Waals surface area contributed by atoms with Crippen molar-refractivity contribution in [2.45, 2.75) is 6.92 Å². The van der Waals surface area contributed by atoms with E-state index in [1.54, 1.807) is 25.1 Å². The first-order valence-corrected chi connectivity index (χ1v) is 2.99. The van der Waals surface area contributed by atoms with Crippen molar-refractivity contribution in [2.75, 3.05) is 0 Å². The van der Waals surface area contributed by atoms with Crippen molar-refractivity contribution in [3.8, 4) is 0 Å². The van der Waals surface area contributed by atoms with E-state index in [1.165, 1.54) is 6.07 Å². The summed E-state index contributed by atoms with van der Waals surface area (Å²) in [6, 6.07) is 6.75. The van der Waals surface area contributed by atoms with Crippen LogP contribution in [0.3, 0.4) is 0 Å². The van der Waals surface area contributed by atoms with Crippen LogP contribution in [0.4, 0.5) is 0 Å². The van der Waals surface area contributed by atoms with Gasteiger partial charge in [-0.1, -0.05) is 24.3 Å². The van der Waals surface area contributed by atoms with Crippen molar-refractivity contribution >= 4 is 5.97 Å². The van der Waals surface area contributed by atoms with E-state index in [-0.39, 0.29) is 74.5 Å². The number of rotatable bonds is 1. The Hall–Kier alpha value is 0.742. The van der Waals surface area contributed by atoms with E-state index < -0.39 is 5.97 Å². The second kappa shape index (κ2) is 5.40. The van der Waals surface area contributed by atoms with Crippen LogP contribution in [0, 0.1) is 6.92 Å². The summed E-state index contributed by atoms with van der Waals surface area (Å²) in [4.78, 5) is 10.3. The van der Waals surface area contributed by atoms with Gasteiger partial charge in [-0.15, -0.1) is 0 Å². The van der Waals surface area contributed by atoms with Crippen molar-refractivity contribution in [3.05, 3.63) is 35.4 Å². The minimum atomic E-state index is -1.11. The number of aromatic carboxylic acids is 1. The van der Waals surface area contributed by atoms with Gasteiger partial charge in [0.25, 0.3) is 0 Å². The number of benzene rings is 1. The van der Waals surface area contributed by atoms with E-state index >= 15 is 0 Å². The maximum Gasteiger partial charge on any atom is 1.00 e. The van der Waals surface area contributed by atoms with Crippen LogP contribution in [-0.4, -0.2) is 5.97 Å². The Morgan fingerprint density at radius 3 is 2.27 bits per heavy atom. The smallest absolute Gasteiger partial charge is 0.545 e. The molecule has 0 aliphatic carbocycles. The Morgan fingerprint density at radius 1 is 1.36 bits per heavy atom. The number of hydrogen-bond acceptors (Lipinski definition) is 2. The van der Waals surface area contributed by atoms with Crippen molar-refractivity contribution < 1.29 is 78.8 Å². The van der Waals surface area contributed by atoms with Crippen LogP contribution in [0.15, 0.2) is 24.3 Å². The molecule has 1 aromatic carbocycles. The van der Waals surface area contributed by atoms with Gasteiger partial charge in [0.05, 0.1) is 5.97 Å². The molecule has 2 nitrogen and oxygen atoms in total. The number of carboxylic acids is 1. The van der Waals surface area contributed by atoms with Gasteiger partial charge >= 0.3 is 68.9 Å². The molecule has 0 N–H and O–H groups in total. The SMILES string of the molecule is Cc1ccccc1C(=O)[O-].[Cs+]. The molecule has 1 rings (SSSR count). The third-order valence-corrected chi connectivity index (χ3v) is 1.36. The fraction of sp³-hybridized carbons (Fsp3) is 0.125. The third kappa shape index (κ3) is 3.31. The average molecular weight is 268 g/mol. The van der Waals surface area contributed by atoms with Gasteiger partial charge in [0, 0.05) is 5.56 Å². The molecule has 0 heterocycles. The topological polar surface area (TPSA) is 40.1 Å². The first kappa shape index (κ1) is 11.7. The first-order valence-electron chi connectivity index (χ1n) is 2.99. The van der Waals surface area contributed by atoms with Crippen LogP contribution in [0.1, 0.15) is 15.9 Å². The van der Waals surface area contributed by atoms with Gasteiger partial charge in [0.1, 0.15) is 0 Å². The fourth-order valence-corrected chi connectivity index (χ4v) is 0.802. The number of carbonyl (C=O) groups excluding carboxylic acids is 1. The Kier molecular flexibility index (Phi) is 5.76. The third-order valence-electron chi connectivity index (χ3n) is 1.36. The summed E-state index contributed by atoms with van der Waals surface area (Å²) < 4.78 is 0. The van der Waals surface area contributed by atoms with Gasteiger partial charge in [-0.05, 0) is 12.5 Å². The molecule has 0 aromatic heterocycles. The largest absolute Gasteiger partial charge is 1.00 e. The normalized spacial score (nSPS) is 8.45. The van der Waals surface area contributed by atoms with Gasteiger partial charge in [0.15, 0.2) is 0 Å². The molecule has 0 unspecified atom stereocenters. The molecule has 0 bridgehead atoms. The van der Waals surface area contributed by atoms with Gasteiger partial charge in [-0.25, -0.2) is 0 Å². The molecule has 0 fully saturated rings. The van der Waals surface area contributed by atoms with Crippen LogP contribution in [0.2, 0.25) is 0 Å². The second-order valence-corrected chi connectivity index (χ2v) is 2.10. The molecule has 0 aliphatic rings. The van der Waals surface area contributed by atoms with E-state index in [4.69, 9.17) is 0 Å². The minimum Gasteiger partial charge on any atom is -0.545 e. The quantitative estimate of drug-likeness (QED) is 0.559. The minimum absolute atomic E-state index is 0. The summed E-state index contributed by atoms with van der Waals surface area (Å²) in [5, 5.41) is 10.3. The van der Waals surface area contributed by atoms with Crippen LogP contribution < -0.4 is 74.0 Å². The summed E-state index contributed by atoms with van der Waals surface area (Å²) in [7, 11) is 0. The number of carboxylic acid groups (broad SMARTS) is 1. The molecule has 11 heavy (non-hydrogen) atoms. The Balaban J connectivity index is 0.000001000. The van der Waals surface area contributed by atoms with E-state index in [1.807, 2.05) is 0 Å². The predicted molar refractivity (Wildman–Crippen MR) is 35.5 cm³/mol. The zero-order valence-electron chi connectivity index (χ0n) is 6.63. The van der Waals surface area contributed by atoms with Crippen LogP contribution in [0.25, 0.3) is 0 Å². The molecule has 3 heteroatoms. The van der Waals surface area contributed by atoms with Crippen molar-refractivity contribution in [1.82, 2.24) is 0 Å². The predicted octanol–water partition coefficient (Wildman–Crippen LogP) is -2.64. The van der Waals surface area contributed by atoms with E-state index in [9.17, 15) is 9.90 Å². The maximum absolute atomic E-state index is 10.3. The molecule has 52 valence electrons. The molecule has 0 spiro atoms. The summed E-state index contributed by atoms with van der Waals surface area (Å²) in [6.45, 7) is 1.74. The molecule has 0 amide bonds. The second-order valence-electron chi connectivity index (χ2n) is 2.10. The van der Waals surface area contributed by atoms with Gasteiger partial charge in [-0.2, -0.15) is 0 Å². The number of hydrogen-bond donors (Lipinski definition) is 0. The fourth-order valence-electron chi connectivity index (χ4n) is 0.802. The molecule has 0 saturated heterocycles. The summed E-state index contributed by atoms with van der Waals surface area (Å²) in [5.74, 6) is -1.11. The van der Waals surface area contributed by atoms with Crippen molar-refractivity contribution in [3.63, 3.8) is 0 Å². The van der Waals surface area contributed by atoms with E-state index in [2.05, 4.69) is 0 Å². The van der Waals surface area contributed by atoms with Crippen LogP contribution in [0.5, 0.6) is 0 Å². The van der Waals surface area contributed by atoms with Crippen LogP contribution >= 0.6 is 0 Å². The monoisotopic (exact) mass is 268 g/mol. The van der Waals surface area contributed by atoms with Gasteiger partial charge < -0.3 is 9.90 Å². The number of carbonyl (C=O) groups is 1. The first-order chi connectivity index (χ1) is 4.72. The molecular formula is C8H7CsO2. The average Bonchev–Trinajstić information content (AvgIpc) is 1.88. The zero-order chi connectivity index (χ0) is 7.56. The molecule has 0 aliphatic heterocycles. The Bertz CT molecular complexity index is 258. The number of aryl methyl sites for hydroxylation is 1. The molecular weight excluding hydrogens is 261 g/mol. The summed E-state index contributed by atoms with van der Waals surface area (Å²) in [5.41, 5.74) is 1.00. The van der Waals surface area contributed by atoms with E-state index in [0.717, 1.165) is 5.56 Å². The van der Waals surface area contributed by atoms with E-state index in [0.29, 0.717) is 0 Å². The standard InChI is InChI=1S/C8H8O2.Cs/c1-6-4-2-3-5-7(6)8(9)10;/h2-5H,1H3,(H,9,10);/q;+1/p-1. The van der Waals surface area contributed by atoms with Gasteiger partial charge in [0.2, 0.25) is 0 Å². The zero-order valence-corrected chi connectivity index (χ0v) is 12.9.